The van der Waals surface area contributed by atoms with Crippen molar-refractivity contribution in [3.63, 3.8) is 0 Å². The Hall–Kier alpha value is -6.58. The molecular weight excluding hydrogens is 621 g/mol. The lowest BCUT2D eigenvalue weighted by Crippen LogP contribution is -2.15. The van der Waals surface area contributed by atoms with Crippen molar-refractivity contribution in [3.8, 4) is 39.4 Å². The maximum Gasteiger partial charge on any atom is 0.128 e. The standard InChI is InChI=1S/C48H32N2O/c1-2-11-31(12-3-1)32-13-10-14-35(27-32)49-43-18-7-4-15-37(43)40-28-33(21-24-45(40)49)34-22-25-46-41(29-34)38-16-5-8-19-44(38)50(46)36-23-26-48-42(30-36)39-17-6-9-20-47(39)51-48/h1-30,39,47H. The summed E-state index contributed by atoms with van der Waals surface area (Å²) in [5.74, 6) is 1.23. The Bertz CT molecular complexity index is 2900. The van der Waals surface area contributed by atoms with Gasteiger partial charge in [-0.15, -0.1) is 0 Å². The van der Waals surface area contributed by atoms with Crippen LogP contribution in [0.25, 0.3) is 77.2 Å². The molecule has 0 amide bonds. The third kappa shape index (κ3) is 4.31. The van der Waals surface area contributed by atoms with Crippen LogP contribution in [0.3, 0.4) is 0 Å². The van der Waals surface area contributed by atoms with E-state index in [2.05, 4.69) is 191 Å². The largest absolute Gasteiger partial charge is 0.485 e. The van der Waals surface area contributed by atoms with Crippen LogP contribution in [-0.4, -0.2) is 15.2 Å². The highest BCUT2D eigenvalue weighted by atomic mass is 16.5. The molecule has 7 aromatic carbocycles. The Morgan fingerprint density at radius 1 is 0.392 bits per heavy atom. The summed E-state index contributed by atoms with van der Waals surface area (Å²) in [6.07, 6.45) is 8.71. The molecule has 0 radical (unpaired) electrons. The maximum absolute atomic E-state index is 6.28. The van der Waals surface area contributed by atoms with Gasteiger partial charge in [-0.05, 0) is 95.1 Å². The van der Waals surface area contributed by atoms with Crippen molar-refractivity contribution in [2.24, 2.45) is 0 Å². The van der Waals surface area contributed by atoms with Crippen LogP contribution in [0.5, 0.6) is 5.75 Å². The first-order chi connectivity index (χ1) is 25.3. The maximum atomic E-state index is 6.28. The lowest BCUT2D eigenvalue weighted by atomic mass is 9.92. The second kappa shape index (κ2) is 11.0. The van der Waals surface area contributed by atoms with Crippen LogP contribution in [0.4, 0.5) is 0 Å². The number of rotatable bonds is 4. The van der Waals surface area contributed by atoms with Gasteiger partial charge in [-0.2, -0.15) is 0 Å². The molecule has 0 N–H and O–H groups in total. The fraction of sp³-hybridized carbons (Fsp3) is 0.0417. The summed E-state index contributed by atoms with van der Waals surface area (Å²) in [5.41, 5.74) is 13.2. The summed E-state index contributed by atoms with van der Waals surface area (Å²) in [6.45, 7) is 0. The van der Waals surface area contributed by atoms with E-state index in [0.717, 1.165) is 17.1 Å². The number of hydrogen-bond acceptors (Lipinski definition) is 1. The second-order valence-electron chi connectivity index (χ2n) is 13.7. The molecule has 1 aliphatic heterocycles. The average molecular weight is 653 g/mol. The molecule has 0 fully saturated rings. The summed E-state index contributed by atoms with van der Waals surface area (Å²) in [5, 5.41) is 5.00. The molecule has 2 aromatic heterocycles. The summed E-state index contributed by atoms with van der Waals surface area (Å²) >= 11 is 0. The van der Waals surface area contributed by atoms with Crippen molar-refractivity contribution < 1.29 is 4.74 Å². The van der Waals surface area contributed by atoms with Crippen LogP contribution < -0.4 is 4.74 Å². The van der Waals surface area contributed by atoms with E-state index in [1.54, 1.807) is 0 Å². The van der Waals surface area contributed by atoms with Gasteiger partial charge in [0.05, 0.1) is 22.1 Å². The third-order valence-electron chi connectivity index (χ3n) is 10.8. The van der Waals surface area contributed by atoms with Gasteiger partial charge >= 0.3 is 0 Å². The van der Waals surface area contributed by atoms with Gasteiger partial charge in [-0.1, -0.05) is 109 Å². The fourth-order valence-electron chi connectivity index (χ4n) is 8.49. The lowest BCUT2D eigenvalue weighted by Gasteiger charge is -2.14. The number of nitrogens with zero attached hydrogens (tertiary/aromatic N) is 2. The highest BCUT2D eigenvalue weighted by Gasteiger charge is 2.32. The van der Waals surface area contributed by atoms with Crippen molar-refractivity contribution in [1.82, 2.24) is 9.13 Å². The minimum atomic E-state index is 0.0757. The monoisotopic (exact) mass is 652 g/mol. The highest BCUT2D eigenvalue weighted by Crippen LogP contribution is 2.44. The number of hydrogen-bond donors (Lipinski definition) is 0. The van der Waals surface area contributed by atoms with Crippen molar-refractivity contribution in [2.75, 3.05) is 0 Å². The topological polar surface area (TPSA) is 19.1 Å². The number of fused-ring (bicyclic) bond motifs is 9. The Balaban J connectivity index is 1.05. The van der Waals surface area contributed by atoms with Gasteiger partial charge in [0.25, 0.3) is 0 Å². The van der Waals surface area contributed by atoms with E-state index in [1.165, 1.54) is 71.4 Å². The van der Waals surface area contributed by atoms with Crippen LogP contribution in [0.1, 0.15) is 11.5 Å². The minimum absolute atomic E-state index is 0.0757. The molecular formula is C48H32N2O. The van der Waals surface area contributed by atoms with E-state index in [9.17, 15) is 0 Å². The van der Waals surface area contributed by atoms with Gasteiger partial charge in [0.2, 0.25) is 0 Å². The zero-order valence-corrected chi connectivity index (χ0v) is 27.8. The van der Waals surface area contributed by atoms with E-state index >= 15 is 0 Å². The van der Waals surface area contributed by atoms with Gasteiger partial charge in [0, 0.05) is 44.4 Å². The van der Waals surface area contributed by atoms with Crippen LogP contribution in [0, 0.1) is 0 Å². The smallest absolute Gasteiger partial charge is 0.128 e. The predicted octanol–water partition coefficient (Wildman–Crippen LogP) is 12.2. The molecule has 11 rings (SSSR count). The molecule has 3 nitrogen and oxygen atoms in total. The average Bonchev–Trinajstić information content (AvgIpc) is 3.85. The summed E-state index contributed by atoms with van der Waals surface area (Å²) in [4.78, 5) is 0. The lowest BCUT2D eigenvalue weighted by molar-refractivity contribution is 0.269. The van der Waals surface area contributed by atoms with E-state index in [-0.39, 0.29) is 12.0 Å². The fourth-order valence-corrected chi connectivity index (χ4v) is 8.49. The van der Waals surface area contributed by atoms with Crippen LogP contribution >= 0.6 is 0 Å². The molecule has 51 heavy (non-hydrogen) atoms. The second-order valence-corrected chi connectivity index (χ2v) is 13.7. The molecule has 0 bridgehead atoms. The molecule has 3 heteroatoms. The normalized spacial score (nSPS) is 16.2. The number of aromatic nitrogens is 2. The van der Waals surface area contributed by atoms with Crippen molar-refractivity contribution >= 4 is 43.6 Å². The van der Waals surface area contributed by atoms with Crippen molar-refractivity contribution in [1.29, 1.82) is 0 Å². The number of para-hydroxylation sites is 2. The van der Waals surface area contributed by atoms with Crippen molar-refractivity contribution in [2.45, 2.75) is 12.0 Å². The zero-order chi connectivity index (χ0) is 33.5. The number of ether oxygens (including phenoxy) is 1. The van der Waals surface area contributed by atoms with Gasteiger partial charge in [-0.3, -0.25) is 0 Å². The summed E-state index contributed by atoms with van der Waals surface area (Å²) in [6, 6.07) is 57.6. The van der Waals surface area contributed by atoms with Gasteiger partial charge in [0.15, 0.2) is 0 Å². The summed E-state index contributed by atoms with van der Waals surface area (Å²) in [7, 11) is 0. The Morgan fingerprint density at radius 3 is 1.67 bits per heavy atom. The third-order valence-corrected chi connectivity index (χ3v) is 10.8. The van der Waals surface area contributed by atoms with E-state index in [1.807, 2.05) is 0 Å². The highest BCUT2D eigenvalue weighted by molar-refractivity contribution is 6.12. The molecule has 0 spiro atoms. The van der Waals surface area contributed by atoms with E-state index < -0.39 is 0 Å². The number of benzene rings is 7. The van der Waals surface area contributed by atoms with Crippen LogP contribution in [-0.2, 0) is 0 Å². The first-order valence-corrected chi connectivity index (χ1v) is 17.7. The molecule has 2 unspecified atom stereocenters. The van der Waals surface area contributed by atoms with Gasteiger partial charge in [-0.25, -0.2) is 0 Å². The molecule has 0 saturated heterocycles. The van der Waals surface area contributed by atoms with E-state index in [0.29, 0.717) is 0 Å². The molecule has 240 valence electrons. The molecule has 9 aromatic rings. The minimum Gasteiger partial charge on any atom is -0.485 e. The number of allylic oxidation sites excluding steroid dienone is 2. The predicted molar refractivity (Wildman–Crippen MR) is 211 cm³/mol. The first kappa shape index (κ1) is 28.3. The van der Waals surface area contributed by atoms with Gasteiger partial charge in [0.1, 0.15) is 11.9 Å². The van der Waals surface area contributed by atoms with Crippen molar-refractivity contribution in [3.05, 3.63) is 188 Å². The zero-order valence-electron chi connectivity index (χ0n) is 27.8. The van der Waals surface area contributed by atoms with Crippen LogP contribution in [0.2, 0.25) is 0 Å². The van der Waals surface area contributed by atoms with E-state index in [4.69, 9.17) is 4.74 Å². The molecule has 3 heterocycles. The molecule has 0 saturated carbocycles. The molecule has 1 aliphatic carbocycles. The Morgan fingerprint density at radius 2 is 0.961 bits per heavy atom. The molecule has 2 atom stereocenters. The summed E-state index contributed by atoms with van der Waals surface area (Å²) < 4.78 is 11.1. The van der Waals surface area contributed by atoms with Crippen LogP contribution in [0.15, 0.2) is 182 Å². The SMILES string of the molecule is C1=CC2Oc3ccc(-n4c5ccccc5c5cc(-c6ccc7c(c6)c6ccccc6n7-c6cccc(-c7ccccc7)c6)ccc54)cc3C2C=C1. The molecule has 2 aliphatic rings. The Labute approximate surface area is 295 Å². The Kier molecular flexibility index (Phi) is 6.08. The quantitative estimate of drug-likeness (QED) is 0.185. The first-order valence-electron chi connectivity index (χ1n) is 17.7. The van der Waals surface area contributed by atoms with Gasteiger partial charge < -0.3 is 13.9 Å².